The highest BCUT2D eigenvalue weighted by Gasteiger charge is 2.23. The summed E-state index contributed by atoms with van der Waals surface area (Å²) >= 11 is 0. The van der Waals surface area contributed by atoms with E-state index < -0.39 is 0 Å². The van der Waals surface area contributed by atoms with E-state index in [1.165, 1.54) is 11.1 Å². The molecule has 3 rings (SSSR count). The third-order valence-electron chi connectivity index (χ3n) is 4.72. The molecular weight excluding hydrogens is 336 g/mol. The Morgan fingerprint density at radius 3 is 2.63 bits per heavy atom. The molecule has 0 saturated carbocycles. The predicted octanol–water partition coefficient (Wildman–Crippen LogP) is 3.06. The number of para-hydroxylation sites is 1. The SMILES string of the molecule is CN(C)C(=NCc1ccccc1)NCCCC(=O)N1CCc2ccccc21. The number of guanidine groups is 1. The lowest BCUT2D eigenvalue weighted by atomic mass is 10.2. The Bertz CT molecular complexity index is 786. The van der Waals surface area contributed by atoms with E-state index in [0.717, 1.165) is 37.6 Å². The van der Waals surface area contributed by atoms with E-state index in [2.05, 4.69) is 28.5 Å². The molecular formula is C22H28N4O. The van der Waals surface area contributed by atoms with E-state index in [-0.39, 0.29) is 5.91 Å². The first-order valence-corrected chi connectivity index (χ1v) is 9.53. The molecule has 0 aromatic heterocycles. The second-order valence-corrected chi connectivity index (χ2v) is 6.97. The Hall–Kier alpha value is -2.82. The van der Waals surface area contributed by atoms with Crippen molar-refractivity contribution in [3.05, 3.63) is 65.7 Å². The number of hydrogen-bond acceptors (Lipinski definition) is 2. The van der Waals surface area contributed by atoms with E-state index in [1.807, 2.05) is 60.3 Å². The van der Waals surface area contributed by atoms with Crippen LogP contribution >= 0.6 is 0 Å². The van der Waals surface area contributed by atoms with Crippen LogP contribution in [0, 0.1) is 0 Å². The third-order valence-corrected chi connectivity index (χ3v) is 4.72. The van der Waals surface area contributed by atoms with Gasteiger partial charge in [-0.25, -0.2) is 4.99 Å². The maximum atomic E-state index is 12.6. The summed E-state index contributed by atoms with van der Waals surface area (Å²) in [6.07, 6.45) is 2.29. The van der Waals surface area contributed by atoms with Gasteiger partial charge in [0.2, 0.25) is 5.91 Å². The second kappa shape index (κ2) is 9.21. The molecule has 0 atom stereocenters. The van der Waals surface area contributed by atoms with Gasteiger partial charge in [-0.1, -0.05) is 48.5 Å². The number of rotatable bonds is 6. The maximum Gasteiger partial charge on any atom is 0.227 e. The van der Waals surface area contributed by atoms with Gasteiger partial charge in [0.1, 0.15) is 0 Å². The van der Waals surface area contributed by atoms with E-state index in [0.29, 0.717) is 13.0 Å². The van der Waals surface area contributed by atoms with Crippen LogP contribution in [-0.2, 0) is 17.8 Å². The van der Waals surface area contributed by atoms with Crippen LogP contribution in [0.5, 0.6) is 0 Å². The van der Waals surface area contributed by atoms with Crippen LogP contribution in [-0.4, -0.2) is 44.0 Å². The van der Waals surface area contributed by atoms with Crippen LogP contribution in [0.1, 0.15) is 24.0 Å². The highest BCUT2D eigenvalue weighted by molar-refractivity contribution is 5.95. The molecule has 1 aliphatic rings. The van der Waals surface area contributed by atoms with Crippen LogP contribution in [0.3, 0.4) is 0 Å². The Balaban J connectivity index is 1.46. The first kappa shape index (κ1) is 19.0. The first-order valence-electron chi connectivity index (χ1n) is 9.53. The highest BCUT2D eigenvalue weighted by Crippen LogP contribution is 2.27. The number of anilines is 1. The number of nitrogens with one attached hydrogen (secondary N) is 1. The molecule has 5 heteroatoms. The molecule has 1 aliphatic heterocycles. The largest absolute Gasteiger partial charge is 0.356 e. The van der Waals surface area contributed by atoms with Crippen LogP contribution in [0.4, 0.5) is 5.69 Å². The summed E-state index contributed by atoms with van der Waals surface area (Å²) in [5.41, 5.74) is 3.53. The van der Waals surface area contributed by atoms with Gasteiger partial charge in [-0.05, 0) is 30.0 Å². The summed E-state index contributed by atoms with van der Waals surface area (Å²) < 4.78 is 0. The van der Waals surface area contributed by atoms with Gasteiger partial charge in [-0.3, -0.25) is 4.79 Å². The Labute approximate surface area is 161 Å². The van der Waals surface area contributed by atoms with Gasteiger partial charge >= 0.3 is 0 Å². The Morgan fingerprint density at radius 1 is 1.11 bits per heavy atom. The van der Waals surface area contributed by atoms with Crippen molar-refractivity contribution >= 4 is 17.6 Å². The zero-order valence-corrected chi connectivity index (χ0v) is 16.2. The number of hydrogen-bond donors (Lipinski definition) is 1. The number of benzene rings is 2. The second-order valence-electron chi connectivity index (χ2n) is 6.97. The molecule has 0 fully saturated rings. The number of fused-ring (bicyclic) bond motifs is 1. The number of nitrogens with zero attached hydrogens (tertiary/aromatic N) is 3. The van der Waals surface area contributed by atoms with Crippen LogP contribution in [0.2, 0.25) is 0 Å². The molecule has 1 N–H and O–H groups in total. The van der Waals surface area contributed by atoms with E-state index >= 15 is 0 Å². The highest BCUT2D eigenvalue weighted by atomic mass is 16.2. The molecule has 0 spiro atoms. The van der Waals surface area contributed by atoms with Crippen molar-refractivity contribution in [2.45, 2.75) is 25.8 Å². The van der Waals surface area contributed by atoms with Crippen molar-refractivity contribution in [1.82, 2.24) is 10.2 Å². The molecule has 2 aromatic rings. The summed E-state index contributed by atoms with van der Waals surface area (Å²) in [5, 5.41) is 3.36. The van der Waals surface area contributed by atoms with Gasteiger partial charge in [0.05, 0.1) is 6.54 Å². The molecule has 0 aliphatic carbocycles. The lowest BCUT2D eigenvalue weighted by Crippen LogP contribution is -2.37. The average molecular weight is 364 g/mol. The van der Waals surface area contributed by atoms with Crippen molar-refractivity contribution in [2.75, 3.05) is 32.1 Å². The van der Waals surface area contributed by atoms with E-state index in [9.17, 15) is 4.79 Å². The van der Waals surface area contributed by atoms with Gasteiger partial charge in [-0.2, -0.15) is 0 Å². The minimum atomic E-state index is 0.203. The zero-order chi connectivity index (χ0) is 19.1. The molecule has 5 nitrogen and oxygen atoms in total. The third kappa shape index (κ3) is 5.09. The van der Waals surface area contributed by atoms with Crippen molar-refractivity contribution in [1.29, 1.82) is 0 Å². The summed E-state index contributed by atoms with van der Waals surface area (Å²) in [6, 6.07) is 18.4. The van der Waals surface area contributed by atoms with Gasteiger partial charge in [-0.15, -0.1) is 0 Å². The average Bonchev–Trinajstić information content (AvgIpc) is 3.12. The van der Waals surface area contributed by atoms with Gasteiger partial charge in [0.25, 0.3) is 0 Å². The molecule has 1 heterocycles. The minimum absolute atomic E-state index is 0.203. The Kier molecular flexibility index (Phi) is 6.47. The summed E-state index contributed by atoms with van der Waals surface area (Å²) in [6.45, 7) is 2.17. The molecule has 0 bridgehead atoms. The zero-order valence-electron chi connectivity index (χ0n) is 16.2. The lowest BCUT2D eigenvalue weighted by Gasteiger charge is -2.19. The normalized spacial score (nSPS) is 13.4. The number of amides is 1. The summed E-state index contributed by atoms with van der Waals surface area (Å²) in [5.74, 6) is 1.05. The van der Waals surface area contributed by atoms with Gasteiger partial charge in [0, 0.05) is 39.3 Å². The smallest absolute Gasteiger partial charge is 0.227 e. The maximum absolute atomic E-state index is 12.6. The van der Waals surface area contributed by atoms with Crippen LogP contribution < -0.4 is 10.2 Å². The molecule has 0 radical (unpaired) electrons. The Morgan fingerprint density at radius 2 is 1.85 bits per heavy atom. The fourth-order valence-electron chi connectivity index (χ4n) is 3.28. The first-order chi connectivity index (χ1) is 13.1. The van der Waals surface area contributed by atoms with Crippen molar-refractivity contribution < 1.29 is 4.79 Å². The molecule has 27 heavy (non-hydrogen) atoms. The molecule has 1 amide bonds. The van der Waals surface area contributed by atoms with Crippen LogP contribution in [0.25, 0.3) is 0 Å². The topological polar surface area (TPSA) is 47.9 Å². The number of carbonyl (C=O) groups excluding carboxylic acids is 1. The van der Waals surface area contributed by atoms with Crippen molar-refractivity contribution in [3.63, 3.8) is 0 Å². The molecule has 0 unspecified atom stereocenters. The van der Waals surface area contributed by atoms with Crippen LogP contribution in [0.15, 0.2) is 59.6 Å². The quantitative estimate of drug-likeness (QED) is 0.487. The molecule has 0 saturated heterocycles. The predicted molar refractivity (Wildman–Crippen MR) is 111 cm³/mol. The summed E-state index contributed by atoms with van der Waals surface area (Å²) in [7, 11) is 3.95. The lowest BCUT2D eigenvalue weighted by molar-refractivity contribution is -0.118. The fraction of sp³-hybridized carbons (Fsp3) is 0.364. The monoisotopic (exact) mass is 364 g/mol. The number of aliphatic imine (C=N–C) groups is 1. The van der Waals surface area contributed by atoms with Crippen molar-refractivity contribution in [2.24, 2.45) is 4.99 Å². The summed E-state index contributed by atoms with van der Waals surface area (Å²) in [4.78, 5) is 21.1. The van der Waals surface area contributed by atoms with Gasteiger partial charge < -0.3 is 15.1 Å². The molecule has 2 aromatic carbocycles. The number of carbonyl (C=O) groups is 1. The van der Waals surface area contributed by atoms with Crippen molar-refractivity contribution in [3.8, 4) is 0 Å². The van der Waals surface area contributed by atoms with E-state index in [1.54, 1.807) is 0 Å². The fourth-order valence-corrected chi connectivity index (χ4v) is 3.28. The standard InChI is InChI=1S/C22H28N4O/c1-25(2)22(24-17-18-9-4-3-5-10-18)23-15-8-13-21(27)26-16-14-19-11-6-7-12-20(19)26/h3-7,9-12H,8,13-17H2,1-2H3,(H,23,24). The van der Waals surface area contributed by atoms with E-state index in [4.69, 9.17) is 0 Å². The minimum Gasteiger partial charge on any atom is -0.356 e. The van der Waals surface area contributed by atoms with Gasteiger partial charge in [0.15, 0.2) is 5.96 Å². The molecule has 142 valence electrons.